The third-order valence-electron chi connectivity index (χ3n) is 3.19. The molecule has 0 aliphatic heterocycles. The fourth-order valence-electron chi connectivity index (χ4n) is 2.42. The Labute approximate surface area is 99.3 Å². The van der Waals surface area contributed by atoms with Gasteiger partial charge in [-0.2, -0.15) is 0 Å². The van der Waals surface area contributed by atoms with E-state index in [-0.39, 0.29) is 23.7 Å². The van der Waals surface area contributed by atoms with Gasteiger partial charge in [-0.15, -0.1) is 0 Å². The molecule has 3 atom stereocenters. The Morgan fingerprint density at radius 2 is 1.88 bits per heavy atom. The summed E-state index contributed by atoms with van der Waals surface area (Å²) in [5.74, 6) is 0. The lowest BCUT2D eigenvalue weighted by Crippen LogP contribution is -2.45. The molecule has 0 bridgehead atoms. The summed E-state index contributed by atoms with van der Waals surface area (Å²) in [7, 11) is 0. The Kier molecular flexibility index (Phi) is 5.22. The van der Waals surface area contributed by atoms with Crippen LogP contribution in [0.15, 0.2) is 0 Å². The number of hydrogen-bond acceptors (Lipinski definition) is 3. The summed E-state index contributed by atoms with van der Waals surface area (Å²) < 4.78 is 0. The predicted octanol–water partition coefficient (Wildman–Crippen LogP) is 1.68. The van der Waals surface area contributed by atoms with E-state index in [1.807, 2.05) is 0 Å². The molecule has 1 fully saturated rings. The fraction of sp³-hybridized carbons (Fsp3) is 1.00. The third kappa shape index (κ3) is 5.28. The average Bonchev–Trinajstić information content (AvgIpc) is 2.14. The highest BCUT2D eigenvalue weighted by Crippen LogP contribution is 2.21. The maximum atomic E-state index is 9.86. The average molecular weight is 229 g/mol. The minimum Gasteiger partial charge on any atom is -0.392 e. The van der Waals surface area contributed by atoms with Crippen molar-refractivity contribution in [3.05, 3.63) is 0 Å². The monoisotopic (exact) mass is 229 g/mol. The van der Waals surface area contributed by atoms with Crippen molar-refractivity contribution in [2.45, 2.75) is 71.1 Å². The topological polar surface area (TPSA) is 52.5 Å². The zero-order chi connectivity index (χ0) is 12.2. The minimum atomic E-state index is -0.311. The van der Waals surface area contributed by atoms with Gasteiger partial charge in [-0.1, -0.05) is 33.6 Å². The summed E-state index contributed by atoms with van der Waals surface area (Å²) >= 11 is 0. The smallest absolute Gasteiger partial charge is 0.0693 e. The van der Waals surface area contributed by atoms with Crippen molar-refractivity contribution in [3.8, 4) is 0 Å². The van der Waals surface area contributed by atoms with E-state index in [0.717, 1.165) is 25.7 Å². The van der Waals surface area contributed by atoms with Crippen molar-refractivity contribution < 1.29 is 10.2 Å². The van der Waals surface area contributed by atoms with E-state index in [9.17, 15) is 10.2 Å². The Hall–Kier alpha value is -0.120. The lowest BCUT2D eigenvalue weighted by Gasteiger charge is -2.30. The molecule has 0 aromatic carbocycles. The molecule has 3 nitrogen and oxygen atoms in total. The summed E-state index contributed by atoms with van der Waals surface area (Å²) in [5.41, 5.74) is 0.159. The highest BCUT2D eigenvalue weighted by molar-refractivity contribution is 4.81. The van der Waals surface area contributed by atoms with Crippen LogP contribution in [0.25, 0.3) is 0 Å². The van der Waals surface area contributed by atoms with Gasteiger partial charge in [0.1, 0.15) is 0 Å². The van der Waals surface area contributed by atoms with Crippen LogP contribution in [0.4, 0.5) is 0 Å². The Morgan fingerprint density at radius 3 is 2.44 bits per heavy atom. The molecular weight excluding hydrogens is 202 g/mol. The van der Waals surface area contributed by atoms with Gasteiger partial charge < -0.3 is 15.5 Å². The third-order valence-corrected chi connectivity index (χ3v) is 3.19. The Morgan fingerprint density at radius 1 is 1.25 bits per heavy atom. The van der Waals surface area contributed by atoms with E-state index in [4.69, 9.17) is 0 Å². The molecule has 0 amide bonds. The number of nitrogens with one attached hydrogen (secondary N) is 1. The molecule has 0 aromatic rings. The van der Waals surface area contributed by atoms with E-state index in [1.165, 1.54) is 6.42 Å². The van der Waals surface area contributed by atoms with Crippen molar-refractivity contribution in [2.75, 3.05) is 6.54 Å². The molecule has 0 spiro atoms. The summed E-state index contributed by atoms with van der Waals surface area (Å²) in [4.78, 5) is 0. The van der Waals surface area contributed by atoms with Gasteiger partial charge in [0.15, 0.2) is 0 Å². The van der Waals surface area contributed by atoms with Gasteiger partial charge >= 0.3 is 0 Å². The first-order chi connectivity index (χ1) is 7.38. The van der Waals surface area contributed by atoms with Crippen molar-refractivity contribution in [3.63, 3.8) is 0 Å². The maximum absolute atomic E-state index is 9.86. The summed E-state index contributed by atoms with van der Waals surface area (Å²) in [6.45, 7) is 6.99. The summed E-state index contributed by atoms with van der Waals surface area (Å²) in [6, 6.07) is 0.184. The van der Waals surface area contributed by atoms with Crippen LogP contribution in [0.5, 0.6) is 0 Å². The van der Waals surface area contributed by atoms with Gasteiger partial charge in [0.05, 0.1) is 12.2 Å². The molecule has 1 aliphatic rings. The molecule has 3 N–H and O–H groups in total. The molecule has 0 saturated heterocycles. The largest absolute Gasteiger partial charge is 0.392 e. The predicted molar refractivity (Wildman–Crippen MR) is 66.3 cm³/mol. The minimum absolute atomic E-state index is 0.159. The molecule has 1 unspecified atom stereocenters. The van der Waals surface area contributed by atoms with Gasteiger partial charge in [-0.3, -0.25) is 0 Å². The van der Waals surface area contributed by atoms with Crippen LogP contribution in [0.3, 0.4) is 0 Å². The molecule has 0 aromatic heterocycles. The molecule has 0 heterocycles. The quantitative estimate of drug-likeness (QED) is 0.687. The molecule has 1 rings (SSSR count). The SMILES string of the molecule is CC(C)(C)CC(O)CN[C@@H]1CCCC[C@H]1O. The van der Waals surface area contributed by atoms with Crippen LogP contribution in [0, 0.1) is 5.41 Å². The highest BCUT2D eigenvalue weighted by Gasteiger charge is 2.24. The van der Waals surface area contributed by atoms with Gasteiger partial charge in [-0.05, 0) is 24.7 Å². The number of aliphatic hydroxyl groups excluding tert-OH is 2. The molecule has 0 radical (unpaired) electrons. The van der Waals surface area contributed by atoms with Gasteiger partial charge in [-0.25, -0.2) is 0 Å². The second kappa shape index (κ2) is 5.99. The molecule has 96 valence electrons. The van der Waals surface area contributed by atoms with Crippen LogP contribution in [0.2, 0.25) is 0 Å². The lowest BCUT2D eigenvalue weighted by molar-refractivity contribution is 0.0709. The molecule has 1 saturated carbocycles. The Balaban J connectivity index is 2.22. The van der Waals surface area contributed by atoms with Gasteiger partial charge in [0, 0.05) is 12.6 Å². The standard InChI is InChI=1S/C13H27NO2/c1-13(2,3)8-10(15)9-14-11-6-4-5-7-12(11)16/h10-12,14-16H,4-9H2,1-3H3/t10?,11-,12-/m1/s1. The van der Waals surface area contributed by atoms with Crippen LogP contribution in [-0.4, -0.2) is 35.0 Å². The first kappa shape index (κ1) is 13.9. The molecule has 3 heteroatoms. The number of hydrogen-bond donors (Lipinski definition) is 3. The van der Waals surface area contributed by atoms with Crippen molar-refractivity contribution >= 4 is 0 Å². The van der Waals surface area contributed by atoms with E-state index >= 15 is 0 Å². The van der Waals surface area contributed by atoms with Crippen molar-refractivity contribution in [1.29, 1.82) is 0 Å². The van der Waals surface area contributed by atoms with Gasteiger partial charge in [0.25, 0.3) is 0 Å². The van der Waals surface area contributed by atoms with E-state index < -0.39 is 0 Å². The number of rotatable bonds is 4. The van der Waals surface area contributed by atoms with Crippen LogP contribution < -0.4 is 5.32 Å². The van der Waals surface area contributed by atoms with E-state index in [2.05, 4.69) is 26.1 Å². The fourth-order valence-corrected chi connectivity index (χ4v) is 2.42. The molecule has 16 heavy (non-hydrogen) atoms. The van der Waals surface area contributed by atoms with Crippen molar-refractivity contribution in [2.24, 2.45) is 5.41 Å². The normalized spacial score (nSPS) is 29.1. The van der Waals surface area contributed by atoms with Gasteiger partial charge in [0.2, 0.25) is 0 Å². The second-order valence-electron chi connectivity index (χ2n) is 6.29. The van der Waals surface area contributed by atoms with Crippen molar-refractivity contribution in [1.82, 2.24) is 5.32 Å². The molecule has 1 aliphatic carbocycles. The zero-order valence-corrected chi connectivity index (χ0v) is 10.9. The number of aliphatic hydroxyl groups is 2. The summed E-state index contributed by atoms with van der Waals surface area (Å²) in [5, 5.41) is 22.9. The Bertz CT molecular complexity index is 201. The highest BCUT2D eigenvalue weighted by atomic mass is 16.3. The van der Waals surface area contributed by atoms with E-state index in [1.54, 1.807) is 0 Å². The van der Waals surface area contributed by atoms with E-state index in [0.29, 0.717) is 6.54 Å². The van der Waals surface area contributed by atoms with Crippen LogP contribution in [-0.2, 0) is 0 Å². The molecular formula is C13H27NO2. The summed E-state index contributed by atoms with van der Waals surface area (Å²) in [6.07, 6.45) is 4.50. The first-order valence-corrected chi connectivity index (χ1v) is 6.48. The second-order valence-corrected chi connectivity index (χ2v) is 6.29. The van der Waals surface area contributed by atoms with Crippen LogP contribution >= 0.6 is 0 Å². The first-order valence-electron chi connectivity index (χ1n) is 6.48. The zero-order valence-electron chi connectivity index (χ0n) is 10.9. The van der Waals surface area contributed by atoms with Crippen LogP contribution in [0.1, 0.15) is 52.9 Å². The lowest BCUT2D eigenvalue weighted by atomic mass is 9.88. The maximum Gasteiger partial charge on any atom is 0.0693 e.